The van der Waals surface area contributed by atoms with Gasteiger partial charge in [0.1, 0.15) is 12.0 Å². The highest BCUT2D eigenvalue weighted by Gasteiger charge is 2.39. The van der Waals surface area contributed by atoms with Crippen LogP contribution in [0.2, 0.25) is 0 Å². The lowest BCUT2D eigenvalue weighted by Crippen LogP contribution is -2.50. The molecule has 0 saturated heterocycles. The predicted molar refractivity (Wildman–Crippen MR) is 65.0 cm³/mol. The van der Waals surface area contributed by atoms with Crippen LogP contribution in [0.3, 0.4) is 0 Å². The number of hydrogen-bond donors (Lipinski definition) is 4. The third-order valence-corrected chi connectivity index (χ3v) is 2.87. The highest BCUT2D eigenvalue weighted by molar-refractivity contribution is 6.06. The standard InChI is InChI=1S/C10H20N4O4/c1-3-10(4-2,7(11)14-17)8(15)13-5-6-18-9(12)16/h17H,3-6H2,1-2H3,(H2,11,14)(H2,12,16)(H,13,15). The van der Waals surface area contributed by atoms with Crippen LogP contribution in [-0.4, -0.2) is 36.2 Å². The highest BCUT2D eigenvalue weighted by Crippen LogP contribution is 2.26. The molecule has 0 fully saturated rings. The lowest BCUT2D eigenvalue weighted by atomic mass is 9.80. The van der Waals surface area contributed by atoms with E-state index in [1.807, 2.05) is 0 Å². The van der Waals surface area contributed by atoms with Gasteiger partial charge in [-0.2, -0.15) is 0 Å². The van der Waals surface area contributed by atoms with Crippen LogP contribution in [0.5, 0.6) is 0 Å². The van der Waals surface area contributed by atoms with Gasteiger partial charge in [-0.1, -0.05) is 19.0 Å². The van der Waals surface area contributed by atoms with Crippen molar-refractivity contribution in [1.29, 1.82) is 0 Å². The Morgan fingerprint density at radius 1 is 1.33 bits per heavy atom. The first-order chi connectivity index (χ1) is 8.44. The van der Waals surface area contributed by atoms with Crippen LogP contribution in [-0.2, 0) is 9.53 Å². The Hall–Kier alpha value is -1.99. The molecule has 0 aromatic heterocycles. The molecule has 0 rings (SSSR count). The number of rotatable bonds is 7. The van der Waals surface area contributed by atoms with Gasteiger partial charge >= 0.3 is 6.09 Å². The van der Waals surface area contributed by atoms with E-state index in [4.69, 9.17) is 16.7 Å². The average molecular weight is 260 g/mol. The first-order valence-corrected chi connectivity index (χ1v) is 5.63. The maximum Gasteiger partial charge on any atom is 0.404 e. The molecule has 0 aliphatic carbocycles. The van der Waals surface area contributed by atoms with Gasteiger partial charge in [-0.3, -0.25) is 4.79 Å². The molecule has 0 heterocycles. The number of primary amides is 1. The number of hydrogen-bond acceptors (Lipinski definition) is 5. The number of oxime groups is 1. The van der Waals surface area contributed by atoms with E-state index in [-0.39, 0.29) is 24.9 Å². The maximum atomic E-state index is 12.0. The fourth-order valence-corrected chi connectivity index (χ4v) is 1.63. The van der Waals surface area contributed by atoms with Crippen LogP contribution in [0.1, 0.15) is 26.7 Å². The number of amidine groups is 1. The first-order valence-electron chi connectivity index (χ1n) is 5.63. The van der Waals surface area contributed by atoms with E-state index in [0.29, 0.717) is 12.8 Å². The van der Waals surface area contributed by atoms with Gasteiger partial charge in [-0.25, -0.2) is 4.79 Å². The summed E-state index contributed by atoms with van der Waals surface area (Å²) in [7, 11) is 0. The summed E-state index contributed by atoms with van der Waals surface area (Å²) in [6.45, 7) is 3.62. The number of carbonyl (C=O) groups is 2. The summed E-state index contributed by atoms with van der Waals surface area (Å²) in [6.07, 6.45) is -0.123. The Balaban J connectivity index is 4.55. The van der Waals surface area contributed by atoms with Crippen LogP contribution in [0.15, 0.2) is 5.16 Å². The van der Waals surface area contributed by atoms with Gasteiger partial charge < -0.3 is 26.7 Å². The van der Waals surface area contributed by atoms with Crippen molar-refractivity contribution < 1.29 is 19.5 Å². The van der Waals surface area contributed by atoms with Crippen molar-refractivity contribution in [2.45, 2.75) is 26.7 Å². The van der Waals surface area contributed by atoms with E-state index >= 15 is 0 Å². The number of nitrogens with zero attached hydrogens (tertiary/aromatic N) is 1. The molecule has 0 aliphatic heterocycles. The molecule has 0 unspecified atom stereocenters. The molecular formula is C10H20N4O4. The lowest BCUT2D eigenvalue weighted by Gasteiger charge is -2.28. The minimum atomic E-state index is -1.05. The molecule has 0 aromatic rings. The average Bonchev–Trinajstić information content (AvgIpc) is 2.36. The number of nitrogens with two attached hydrogens (primary N) is 2. The zero-order chi connectivity index (χ0) is 14.2. The van der Waals surface area contributed by atoms with Crippen LogP contribution < -0.4 is 16.8 Å². The number of carbonyl (C=O) groups excluding carboxylic acids is 2. The largest absolute Gasteiger partial charge is 0.448 e. The molecule has 0 spiro atoms. The van der Waals surface area contributed by atoms with Crippen LogP contribution >= 0.6 is 0 Å². The second-order valence-corrected chi connectivity index (χ2v) is 3.70. The predicted octanol–water partition coefficient (Wildman–Crippen LogP) is -0.249. The second-order valence-electron chi connectivity index (χ2n) is 3.70. The normalized spacial score (nSPS) is 12.0. The van der Waals surface area contributed by atoms with Gasteiger partial charge in [0.25, 0.3) is 0 Å². The quantitative estimate of drug-likeness (QED) is 0.164. The lowest BCUT2D eigenvalue weighted by molar-refractivity contribution is -0.128. The van der Waals surface area contributed by atoms with E-state index in [0.717, 1.165) is 0 Å². The fourth-order valence-electron chi connectivity index (χ4n) is 1.63. The van der Waals surface area contributed by atoms with Crippen molar-refractivity contribution in [2.24, 2.45) is 22.0 Å². The molecule has 0 bridgehead atoms. The maximum absolute atomic E-state index is 12.0. The minimum Gasteiger partial charge on any atom is -0.448 e. The Kier molecular flexibility index (Phi) is 6.54. The number of ether oxygens (including phenoxy) is 1. The van der Waals surface area contributed by atoms with Crippen molar-refractivity contribution in [3.05, 3.63) is 0 Å². The summed E-state index contributed by atoms with van der Waals surface area (Å²) >= 11 is 0. The topological polar surface area (TPSA) is 140 Å². The first kappa shape index (κ1) is 16.0. The van der Waals surface area contributed by atoms with Gasteiger partial charge in [-0.05, 0) is 12.8 Å². The fraction of sp³-hybridized carbons (Fsp3) is 0.700. The molecule has 8 nitrogen and oxygen atoms in total. The molecule has 0 aliphatic rings. The molecule has 0 radical (unpaired) electrons. The molecule has 6 N–H and O–H groups in total. The molecule has 0 saturated carbocycles. The summed E-state index contributed by atoms with van der Waals surface area (Å²) in [5.41, 5.74) is 9.28. The van der Waals surface area contributed by atoms with Gasteiger partial charge in [0.2, 0.25) is 5.91 Å². The summed E-state index contributed by atoms with van der Waals surface area (Å²) in [4.78, 5) is 22.3. The van der Waals surface area contributed by atoms with Gasteiger partial charge in [0.05, 0.1) is 6.54 Å². The third-order valence-electron chi connectivity index (χ3n) is 2.87. The summed E-state index contributed by atoms with van der Waals surface area (Å²) in [6, 6.07) is 0. The second kappa shape index (κ2) is 7.36. The van der Waals surface area contributed by atoms with E-state index in [9.17, 15) is 9.59 Å². The molecule has 2 amide bonds. The van der Waals surface area contributed by atoms with Gasteiger partial charge in [0, 0.05) is 0 Å². The van der Waals surface area contributed by atoms with E-state index < -0.39 is 11.5 Å². The summed E-state index contributed by atoms with van der Waals surface area (Å²) < 4.78 is 4.47. The Morgan fingerprint density at radius 2 is 1.89 bits per heavy atom. The highest BCUT2D eigenvalue weighted by atomic mass is 16.5. The van der Waals surface area contributed by atoms with Crippen molar-refractivity contribution in [3.8, 4) is 0 Å². The van der Waals surface area contributed by atoms with Gasteiger partial charge in [-0.15, -0.1) is 0 Å². The van der Waals surface area contributed by atoms with E-state index in [1.165, 1.54) is 0 Å². The molecule has 0 aromatic carbocycles. The molecule has 8 heteroatoms. The Bertz CT molecular complexity index is 326. The summed E-state index contributed by atoms with van der Waals surface area (Å²) in [5, 5.41) is 14.2. The van der Waals surface area contributed by atoms with E-state index in [2.05, 4.69) is 15.2 Å². The third kappa shape index (κ3) is 3.79. The van der Waals surface area contributed by atoms with Crippen LogP contribution in [0.4, 0.5) is 4.79 Å². The van der Waals surface area contributed by atoms with Gasteiger partial charge in [0.15, 0.2) is 5.84 Å². The zero-order valence-corrected chi connectivity index (χ0v) is 10.6. The number of nitrogens with one attached hydrogen (secondary N) is 1. The summed E-state index contributed by atoms with van der Waals surface area (Å²) in [5.74, 6) is -0.517. The van der Waals surface area contributed by atoms with Crippen molar-refractivity contribution in [1.82, 2.24) is 5.32 Å². The Morgan fingerprint density at radius 3 is 2.28 bits per heavy atom. The smallest absolute Gasteiger partial charge is 0.404 e. The molecular weight excluding hydrogens is 240 g/mol. The number of amides is 2. The van der Waals surface area contributed by atoms with Crippen molar-refractivity contribution in [2.75, 3.05) is 13.2 Å². The molecule has 104 valence electrons. The van der Waals surface area contributed by atoms with Crippen molar-refractivity contribution >= 4 is 17.8 Å². The monoisotopic (exact) mass is 260 g/mol. The van der Waals surface area contributed by atoms with Crippen LogP contribution in [0.25, 0.3) is 0 Å². The minimum absolute atomic E-state index is 0.0270. The molecule has 0 atom stereocenters. The van der Waals surface area contributed by atoms with E-state index in [1.54, 1.807) is 13.8 Å². The Labute approximate surface area is 105 Å². The zero-order valence-electron chi connectivity index (χ0n) is 10.6. The SMILES string of the molecule is CCC(CC)(C(=O)NCCOC(N)=O)C(N)=NO. The van der Waals surface area contributed by atoms with Crippen molar-refractivity contribution in [3.63, 3.8) is 0 Å². The van der Waals surface area contributed by atoms with Crippen LogP contribution in [0, 0.1) is 5.41 Å². The molecule has 18 heavy (non-hydrogen) atoms.